The van der Waals surface area contributed by atoms with E-state index in [1.54, 1.807) is 29.0 Å². The van der Waals surface area contributed by atoms with Crippen molar-refractivity contribution in [2.75, 3.05) is 6.54 Å². The zero-order valence-corrected chi connectivity index (χ0v) is 16.9. The standard InChI is InChI=1S/C19H15F3N2O4S2/c20-19(21,22)28-14-7-5-12(6-8-14)23-9-1-3-13(23)11-15-17(27)24(18(29)30-15)10-2-4-16(25)26/h1,3,5-9,11H,2,4,10H2,(H,25,26). The summed E-state index contributed by atoms with van der Waals surface area (Å²) in [5, 5.41) is 8.73. The normalized spacial score (nSPS) is 15.8. The van der Waals surface area contributed by atoms with Gasteiger partial charge in [-0.05, 0) is 48.9 Å². The van der Waals surface area contributed by atoms with Gasteiger partial charge in [-0.1, -0.05) is 24.0 Å². The van der Waals surface area contributed by atoms with Crippen molar-refractivity contribution in [3.05, 3.63) is 53.2 Å². The number of hydrogen-bond acceptors (Lipinski definition) is 5. The Kier molecular flexibility index (Phi) is 6.52. The molecule has 1 amide bonds. The largest absolute Gasteiger partial charge is 0.573 e. The Morgan fingerprint density at radius 2 is 1.93 bits per heavy atom. The molecule has 1 aliphatic rings. The van der Waals surface area contributed by atoms with Crippen molar-refractivity contribution in [2.24, 2.45) is 0 Å². The van der Waals surface area contributed by atoms with E-state index in [0.717, 1.165) is 11.8 Å². The molecule has 0 atom stereocenters. The van der Waals surface area contributed by atoms with E-state index in [0.29, 0.717) is 20.6 Å². The van der Waals surface area contributed by atoms with Crippen molar-refractivity contribution >= 4 is 46.3 Å². The van der Waals surface area contributed by atoms with E-state index in [1.807, 2.05) is 0 Å². The van der Waals surface area contributed by atoms with Gasteiger partial charge in [-0.3, -0.25) is 14.5 Å². The molecule has 3 rings (SSSR count). The van der Waals surface area contributed by atoms with Gasteiger partial charge in [0.15, 0.2) is 0 Å². The third-order valence-corrected chi connectivity index (χ3v) is 5.43. The molecule has 0 saturated carbocycles. The number of halogens is 3. The number of carbonyl (C=O) groups excluding carboxylic acids is 1. The second-order valence-corrected chi connectivity index (χ2v) is 7.85. The number of carboxylic acids is 1. The topological polar surface area (TPSA) is 71.8 Å². The zero-order valence-electron chi connectivity index (χ0n) is 15.3. The lowest BCUT2D eigenvalue weighted by atomic mass is 10.2. The molecule has 2 aromatic rings. The minimum Gasteiger partial charge on any atom is -0.481 e. The highest BCUT2D eigenvalue weighted by Crippen LogP contribution is 2.33. The highest BCUT2D eigenvalue weighted by Gasteiger charge is 2.32. The smallest absolute Gasteiger partial charge is 0.481 e. The summed E-state index contributed by atoms with van der Waals surface area (Å²) < 4.78 is 42.9. The number of thiocarbonyl (C=S) groups is 1. The number of rotatable bonds is 7. The van der Waals surface area contributed by atoms with E-state index >= 15 is 0 Å². The van der Waals surface area contributed by atoms with Crippen LogP contribution in [-0.4, -0.2) is 43.7 Å². The minimum atomic E-state index is -4.76. The number of carbonyl (C=O) groups is 2. The Morgan fingerprint density at radius 3 is 2.57 bits per heavy atom. The number of nitrogens with zero attached hydrogens (tertiary/aromatic N) is 2. The molecule has 1 N–H and O–H groups in total. The van der Waals surface area contributed by atoms with Crippen LogP contribution in [0.2, 0.25) is 0 Å². The van der Waals surface area contributed by atoms with Gasteiger partial charge in [0.25, 0.3) is 5.91 Å². The fourth-order valence-corrected chi connectivity index (χ4v) is 4.06. The van der Waals surface area contributed by atoms with E-state index in [9.17, 15) is 22.8 Å². The zero-order chi connectivity index (χ0) is 21.9. The van der Waals surface area contributed by atoms with Crippen LogP contribution in [0.25, 0.3) is 11.8 Å². The molecule has 11 heteroatoms. The van der Waals surface area contributed by atoms with Crippen LogP contribution < -0.4 is 4.74 Å². The van der Waals surface area contributed by atoms with Crippen LogP contribution in [0.5, 0.6) is 5.75 Å². The van der Waals surface area contributed by atoms with E-state index in [4.69, 9.17) is 17.3 Å². The van der Waals surface area contributed by atoms with Gasteiger partial charge < -0.3 is 14.4 Å². The molecule has 1 aromatic heterocycles. The van der Waals surface area contributed by atoms with Crippen molar-refractivity contribution < 1.29 is 32.6 Å². The predicted octanol–water partition coefficient (Wildman–Crippen LogP) is 4.44. The molecule has 30 heavy (non-hydrogen) atoms. The molecule has 0 spiro atoms. The first kappa shape index (κ1) is 21.9. The maximum atomic E-state index is 12.6. The number of benzene rings is 1. The van der Waals surface area contributed by atoms with Crippen LogP contribution in [-0.2, 0) is 9.59 Å². The first-order valence-corrected chi connectivity index (χ1v) is 9.87. The first-order valence-electron chi connectivity index (χ1n) is 8.65. The predicted molar refractivity (Wildman–Crippen MR) is 109 cm³/mol. The Bertz CT molecular complexity index is 1000. The summed E-state index contributed by atoms with van der Waals surface area (Å²) in [6, 6.07) is 8.82. The van der Waals surface area contributed by atoms with Gasteiger partial charge in [-0.25, -0.2) is 0 Å². The summed E-state index contributed by atoms with van der Waals surface area (Å²) in [6.07, 6.45) is -1.19. The lowest BCUT2D eigenvalue weighted by Crippen LogP contribution is -2.29. The molecular formula is C19H15F3N2O4S2. The highest BCUT2D eigenvalue weighted by molar-refractivity contribution is 8.26. The van der Waals surface area contributed by atoms with E-state index < -0.39 is 12.3 Å². The molecule has 6 nitrogen and oxygen atoms in total. The lowest BCUT2D eigenvalue weighted by molar-refractivity contribution is -0.274. The van der Waals surface area contributed by atoms with E-state index in [1.165, 1.54) is 29.2 Å². The number of thioether (sulfide) groups is 1. The molecule has 1 fully saturated rings. The van der Waals surface area contributed by atoms with Crippen molar-refractivity contribution in [2.45, 2.75) is 19.2 Å². The second kappa shape index (κ2) is 8.92. The van der Waals surface area contributed by atoms with Crippen molar-refractivity contribution in [1.82, 2.24) is 9.47 Å². The maximum Gasteiger partial charge on any atom is 0.573 e. The van der Waals surface area contributed by atoms with E-state index in [2.05, 4.69) is 4.74 Å². The van der Waals surface area contributed by atoms with Crippen LogP contribution in [0.4, 0.5) is 13.2 Å². The summed E-state index contributed by atoms with van der Waals surface area (Å²) in [7, 11) is 0. The lowest BCUT2D eigenvalue weighted by Gasteiger charge is -2.13. The number of carboxylic acid groups (broad SMARTS) is 1. The van der Waals surface area contributed by atoms with Gasteiger partial charge in [0, 0.05) is 30.5 Å². The summed E-state index contributed by atoms with van der Waals surface area (Å²) in [6.45, 7) is 0.218. The van der Waals surface area contributed by atoms with Crippen molar-refractivity contribution in [3.63, 3.8) is 0 Å². The third-order valence-electron chi connectivity index (χ3n) is 4.05. The molecule has 0 aliphatic carbocycles. The van der Waals surface area contributed by atoms with Gasteiger partial charge in [-0.15, -0.1) is 13.2 Å². The summed E-state index contributed by atoms with van der Waals surface area (Å²) in [5.74, 6) is -1.58. The second-order valence-electron chi connectivity index (χ2n) is 6.18. The molecule has 1 saturated heterocycles. The van der Waals surface area contributed by atoms with Gasteiger partial charge in [-0.2, -0.15) is 0 Å². The Balaban J connectivity index is 1.77. The van der Waals surface area contributed by atoms with Crippen LogP contribution in [0, 0.1) is 0 Å². The molecule has 0 unspecified atom stereocenters. The molecule has 0 radical (unpaired) electrons. The molecule has 1 aromatic carbocycles. The van der Waals surface area contributed by atoms with Gasteiger partial charge in [0.05, 0.1) is 4.91 Å². The first-order chi connectivity index (χ1) is 14.1. The molecule has 1 aliphatic heterocycles. The third kappa shape index (κ3) is 5.42. The van der Waals surface area contributed by atoms with Gasteiger partial charge >= 0.3 is 12.3 Å². The Morgan fingerprint density at radius 1 is 1.23 bits per heavy atom. The summed E-state index contributed by atoms with van der Waals surface area (Å²) in [5.41, 5.74) is 1.21. The maximum absolute atomic E-state index is 12.6. The molecule has 158 valence electrons. The Hall–Kier alpha value is -2.79. The molecule has 0 bridgehead atoms. The molecule has 2 heterocycles. The average molecular weight is 456 g/mol. The summed E-state index contributed by atoms with van der Waals surface area (Å²) >= 11 is 6.34. The average Bonchev–Trinajstić information content (AvgIpc) is 3.21. The number of aromatic nitrogens is 1. The SMILES string of the molecule is O=C(O)CCCN1C(=O)C(=Cc2cccn2-c2ccc(OC(F)(F)F)cc2)SC1=S. The van der Waals surface area contributed by atoms with Gasteiger partial charge in [0.1, 0.15) is 10.1 Å². The molecular weight excluding hydrogens is 441 g/mol. The number of aliphatic carboxylic acids is 1. The Labute approximate surface area is 178 Å². The summed E-state index contributed by atoms with van der Waals surface area (Å²) in [4.78, 5) is 25.0. The van der Waals surface area contributed by atoms with Crippen LogP contribution in [0.3, 0.4) is 0 Å². The fraction of sp³-hybridized carbons (Fsp3) is 0.211. The van der Waals surface area contributed by atoms with Crippen LogP contribution in [0.15, 0.2) is 47.5 Å². The number of amides is 1. The quantitative estimate of drug-likeness (QED) is 0.491. The number of ether oxygens (including phenoxy) is 1. The highest BCUT2D eigenvalue weighted by atomic mass is 32.2. The minimum absolute atomic E-state index is 0.0625. The van der Waals surface area contributed by atoms with Crippen molar-refractivity contribution in [3.8, 4) is 11.4 Å². The fourth-order valence-electron chi connectivity index (χ4n) is 2.77. The monoisotopic (exact) mass is 456 g/mol. The van der Waals surface area contributed by atoms with E-state index in [-0.39, 0.29) is 31.0 Å². The van der Waals surface area contributed by atoms with Gasteiger partial charge in [0.2, 0.25) is 0 Å². The van der Waals surface area contributed by atoms with Crippen LogP contribution >= 0.6 is 24.0 Å². The van der Waals surface area contributed by atoms with Crippen LogP contribution in [0.1, 0.15) is 18.5 Å². The van der Waals surface area contributed by atoms with Crippen molar-refractivity contribution in [1.29, 1.82) is 0 Å². The number of alkyl halides is 3. The number of hydrogen-bond donors (Lipinski definition) is 1.